The number of carboxylic acids is 2. The molecule has 0 radical (unpaired) electrons. The molecule has 2 N–H and O–H groups in total. The van der Waals surface area contributed by atoms with E-state index in [0.29, 0.717) is 11.1 Å². The lowest BCUT2D eigenvalue weighted by Crippen LogP contribution is -2.10. The van der Waals surface area contributed by atoms with Gasteiger partial charge >= 0.3 is 11.9 Å². The Morgan fingerprint density at radius 3 is 1.35 bits per heavy atom. The normalized spacial score (nSPS) is 11.3. The summed E-state index contributed by atoms with van der Waals surface area (Å²) in [4.78, 5) is 27.4. The van der Waals surface area contributed by atoms with E-state index in [2.05, 4.69) is 4.85 Å². The molecule has 0 aliphatic rings. The van der Waals surface area contributed by atoms with Crippen molar-refractivity contribution in [3.05, 3.63) is 118 Å². The summed E-state index contributed by atoms with van der Waals surface area (Å²) in [6, 6.07) is 24.7. The first-order valence-corrected chi connectivity index (χ1v) is 10.7. The Kier molecular flexibility index (Phi) is 8.33. The zero-order chi connectivity index (χ0) is 26.8. The Labute approximate surface area is 213 Å². The molecular weight excluding hydrogens is 468 g/mol. The predicted octanol–water partition coefficient (Wildman–Crippen LogP) is 6.03. The molecule has 3 aromatic rings. The molecule has 0 atom stereocenters. The molecule has 0 saturated carbocycles. The highest BCUT2D eigenvalue weighted by Crippen LogP contribution is 2.35. The van der Waals surface area contributed by atoms with Crippen LogP contribution in [0.3, 0.4) is 0 Å². The molecule has 3 aromatic carbocycles. The number of hydrogen-bond acceptors (Lipinski definition) is 5. The maximum absolute atomic E-state index is 11.1. The molecule has 3 rings (SSSR count). The Morgan fingerprint density at radius 2 is 1.05 bits per heavy atom. The van der Waals surface area contributed by atoms with E-state index in [-0.39, 0.29) is 11.1 Å². The first kappa shape index (κ1) is 25.7. The molecule has 0 saturated heterocycles. The van der Waals surface area contributed by atoms with E-state index >= 15 is 0 Å². The van der Waals surface area contributed by atoms with Crippen LogP contribution in [-0.2, 0) is 9.59 Å². The van der Waals surface area contributed by atoms with Crippen LogP contribution in [0.2, 0.25) is 0 Å². The molecule has 0 aromatic heterocycles. The Morgan fingerprint density at radius 1 is 0.703 bits per heavy atom. The van der Waals surface area contributed by atoms with Gasteiger partial charge in [-0.25, -0.2) is 14.4 Å². The zero-order valence-electron chi connectivity index (χ0n) is 19.2. The Bertz CT molecular complexity index is 1440. The molecule has 8 heteroatoms. The van der Waals surface area contributed by atoms with Crippen molar-refractivity contribution in [2.45, 2.75) is 0 Å². The van der Waals surface area contributed by atoms with Crippen LogP contribution in [0.4, 0.5) is 17.1 Å². The highest BCUT2D eigenvalue weighted by atomic mass is 16.4. The van der Waals surface area contributed by atoms with E-state index in [1.165, 1.54) is 18.4 Å². The molecule has 0 aliphatic carbocycles. The highest BCUT2D eigenvalue weighted by Gasteiger charge is 2.13. The number of carboxylic acid groups (broad SMARTS) is 2. The quantitative estimate of drug-likeness (QED) is 0.226. The van der Waals surface area contributed by atoms with Crippen LogP contribution < -0.4 is 4.90 Å². The van der Waals surface area contributed by atoms with Gasteiger partial charge in [-0.3, -0.25) is 0 Å². The van der Waals surface area contributed by atoms with Crippen LogP contribution in [-0.4, -0.2) is 22.2 Å². The number of nitrogens with zero attached hydrogens (tertiary/aromatic N) is 4. The van der Waals surface area contributed by atoms with Crippen molar-refractivity contribution in [3.63, 3.8) is 0 Å². The minimum atomic E-state index is -1.31. The van der Waals surface area contributed by atoms with Crippen LogP contribution >= 0.6 is 0 Å². The fourth-order valence-electron chi connectivity index (χ4n) is 3.36. The summed E-state index contributed by atoms with van der Waals surface area (Å²) in [5.74, 6) is -2.62. The van der Waals surface area contributed by atoms with Gasteiger partial charge in [0, 0.05) is 17.1 Å². The molecule has 8 nitrogen and oxygen atoms in total. The topological polar surface area (TPSA) is 130 Å². The minimum Gasteiger partial charge on any atom is -0.477 e. The number of carbonyl (C=O) groups is 2. The van der Waals surface area contributed by atoms with Crippen molar-refractivity contribution >= 4 is 47.2 Å². The van der Waals surface area contributed by atoms with Crippen molar-refractivity contribution < 1.29 is 19.8 Å². The zero-order valence-corrected chi connectivity index (χ0v) is 19.2. The first-order valence-electron chi connectivity index (χ1n) is 10.7. The van der Waals surface area contributed by atoms with Gasteiger partial charge in [-0.1, -0.05) is 42.5 Å². The molecular formula is C29H18N4O4. The van der Waals surface area contributed by atoms with Gasteiger partial charge in [-0.15, -0.1) is 0 Å². The van der Waals surface area contributed by atoms with Crippen molar-refractivity contribution in [1.82, 2.24) is 0 Å². The highest BCUT2D eigenvalue weighted by molar-refractivity contribution is 5.97. The summed E-state index contributed by atoms with van der Waals surface area (Å²) in [5, 5.41) is 36.2. The molecule has 0 spiro atoms. The standard InChI is InChI=1S/C29H18N4O4/c1-32-15-14-20-2-8-25(9-3-20)33(26-10-4-21(5-11-26)16-23(18-30)28(34)35)27-12-6-22(7-13-27)17-24(19-31)29(36)37/h2-17H,(H,34,35)(H,36,37). The monoisotopic (exact) mass is 486 g/mol. The molecule has 0 aliphatic heterocycles. The second kappa shape index (κ2) is 12.0. The van der Waals surface area contributed by atoms with E-state index in [4.69, 9.17) is 27.3 Å². The van der Waals surface area contributed by atoms with Gasteiger partial charge < -0.3 is 15.1 Å². The van der Waals surface area contributed by atoms with Crippen LogP contribution in [0.1, 0.15) is 16.7 Å². The van der Waals surface area contributed by atoms with Gasteiger partial charge in [0.05, 0.1) is 6.57 Å². The second-order valence-electron chi connectivity index (χ2n) is 7.50. The number of hydrogen-bond donors (Lipinski definition) is 2. The summed E-state index contributed by atoms with van der Waals surface area (Å²) in [6.07, 6.45) is 5.62. The third kappa shape index (κ3) is 6.58. The summed E-state index contributed by atoms with van der Waals surface area (Å²) >= 11 is 0. The lowest BCUT2D eigenvalue weighted by Gasteiger charge is -2.26. The van der Waals surface area contributed by atoms with Gasteiger partial charge in [0.1, 0.15) is 23.3 Å². The van der Waals surface area contributed by atoms with E-state index < -0.39 is 11.9 Å². The lowest BCUT2D eigenvalue weighted by molar-refractivity contribution is -0.133. The van der Waals surface area contributed by atoms with Gasteiger partial charge in [0.25, 0.3) is 0 Å². The smallest absolute Gasteiger partial charge is 0.346 e. The second-order valence-corrected chi connectivity index (χ2v) is 7.50. The number of anilines is 3. The SMILES string of the molecule is [C-]#[N+]C=Cc1ccc(N(c2ccc(C=C(C#N)C(=O)O)cc2)c2ccc(C=C(C#N)C(=O)O)cc2)cc1. The average Bonchev–Trinajstić information content (AvgIpc) is 2.91. The first-order chi connectivity index (χ1) is 17.9. The molecule has 0 amide bonds. The molecule has 178 valence electrons. The molecule has 0 fully saturated rings. The Balaban J connectivity index is 2.05. The van der Waals surface area contributed by atoms with E-state index in [1.54, 1.807) is 66.7 Å². The number of aliphatic carboxylic acids is 2. The number of benzene rings is 3. The largest absolute Gasteiger partial charge is 0.477 e. The summed E-state index contributed by atoms with van der Waals surface area (Å²) < 4.78 is 0. The molecule has 0 heterocycles. The number of rotatable bonds is 8. The van der Waals surface area contributed by atoms with Crippen molar-refractivity contribution in [2.75, 3.05) is 4.90 Å². The van der Waals surface area contributed by atoms with Crippen LogP contribution in [0, 0.1) is 29.2 Å². The van der Waals surface area contributed by atoms with E-state index in [9.17, 15) is 9.59 Å². The maximum Gasteiger partial charge on any atom is 0.346 e. The maximum atomic E-state index is 11.1. The summed E-state index contributed by atoms with van der Waals surface area (Å²) in [6.45, 7) is 6.90. The van der Waals surface area contributed by atoms with Crippen molar-refractivity contribution in [1.29, 1.82) is 10.5 Å². The molecule has 37 heavy (non-hydrogen) atoms. The van der Waals surface area contributed by atoms with Crippen molar-refractivity contribution in [2.24, 2.45) is 0 Å². The van der Waals surface area contributed by atoms with E-state index in [1.807, 2.05) is 29.2 Å². The van der Waals surface area contributed by atoms with Crippen LogP contribution in [0.5, 0.6) is 0 Å². The third-order valence-corrected chi connectivity index (χ3v) is 5.12. The summed E-state index contributed by atoms with van der Waals surface area (Å²) in [5.41, 5.74) is 3.43. The molecule has 0 unspecified atom stereocenters. The third-order valence-electron chi connectivity index (χ3n) is 5.12. The van der Waals surface area contributed by atoms with Crippen LogP contribution in [0.25, 0.3) is 23.1 Å². The van der Waals surface area contributed by atoms with Gasteiger partial charge in [-0.2, -0.15) is 10.5 Å². The average molecular weight is 486 g/mol. The predicted molar refractivity (Wildman–Crippen MR) is 139 cm³/mol. The van der Waals surface area contributed by atoms with Gasteiger partial charge in [0.2, 0.25) is 0 Å². The number of nitriles is 2. The van der Waals surface area contributed by atoms with Crippen molar-refractivity contribution in [3.8, 4) is 12.1 Å². The molecule has 0 bridgehead atoms. The van der Waals surface area contributed by atoms with Gasteiger partial charge in [0.15, 0.2) is 6.20 Å². The van der Waals surface area contributed by atoms with E-state index in [0.717, 1.165) is 22.6 Å². The minimum absolute atomic E-state index is 0.380. The fourth-order valence-corrected chi connectivity index (χ4v) is 3.36. The van der Waals surface area contributed by atoms with Crippen LogP contribution in [0.15, 0.2) is 90.1 Å². The van der Waals surface area contributed by atoms with Gasteiger partial charge in [-0.05, 0) is 65.2 Å². The lowest BCUT2D eigenvalue weighted by atomic mass is 10.1. The fraction of sp³-hybridized carbons (Fsp3) is 0. The Hall–Kier alpha value is -5.91. The summed E-state index contributed by atoms with van der Waals surface area (Å²) in [7, 11) is 0.